The van der Waals surface area contributed by atoms with Crippen molar-refractivity contribution in [3.05, 3.63) is 23.9 Å². The van der Waals surface area contributed by atoms with Crippen molar-refractivity contribution in [1.29, 1.82) is 5.26 Å². The number of anilines is 1. The maximum Gasteiger partial charge on any atom is 0.305 e. The van der Waals surface area contributed by atoms with Gasteiger partial charge < -0.3 is 10.4 Å². The Kier molecular flexibility index (Phi) is 4.00. The van der Waals surface area contributed by atoms with Gasteiger partial charge in [-0.2, -0.15) is 5.26 Å². The molecule has 0 radical (unpaired) electrons. The number of carbonyl (C=O) groups is 1. The minimum atomic E-state index is -0.800. The highest BCUT2D eigenvalue weighted by atomic mass is 16.4. The van der Waals surface area contributed by atoms with E-state index in [1.165, 1.54) is 0 Å². The van der Waals surface area contributed by atoms with Gasteiger partial charge in [-0.05, 0) is 25.0 Å². The number of rotatable bonds is 4. The zero-order chi connectivity index (χ0) is 13.7. The fraction of sp³-hybridized carbons (Fsp3) is 0.500. The molecule has 5 nitrogen and oxygen atoms in total. The number of aliphatic carboxylic acids is 1. The van der Waals surface area contributed by atoms with Gasteiger partial charge in [0, 0.05) is 5.54 Å². The van der Waals surface area contributed by atoms with Crippen LogP contribution in [0, 0.1) is 11.3 Å². The predicted octanol–water partition coefficient (Wildman–Crippen LogP) is 2.54. The molecule has 2 rings (SSSR count). The van der Waals surface area contributed by atoms with Gasteiger partial charge in [0.2, 0.25) is 0 Å². The van der Waals surface area contributed by atoms with E-state index in [9.17, 15) is 4.79 Å². The molecular formula is C14H17N3O2. The molecule has 1 heterocycles. The molecule has 0 spiro atoms. The van der Waals surface area contributed by atoms with Gasteiger partial charge in [-0.1, -0.05) is 25.3 Å². The molecule has 19 heavy (non-hydrogen) atoms. The molecule has 1 aromatic heterocycles. The molecule has 2 N–H and O–H groups in total. The van der Waals surface area contributed by atoms with E-state index in [1.54, 1.807) is 18.2 Å². The van der Waals surface area contributed by atoms with Crippen LogP contribution in [0.3, 0.4) is 0 Å². The molecule has 1 saturated carbocycles. The van der Waals surface area contributed by atoms with Crippen LogP contribution in [0.5, 0.6) is 0 Å². The Labute approximate surface area is 112 Å². The van der Waals surface area contributed by atoms with Gasteiger partial charge in [0.1, 0.15) is 17.6 Å². The first kappa shape index (κ1) is 13.3. The third-order valence-corrected chi connectivity index (χ3v) is 3.56. The SMILES string of the molecule is N#Cc1cccc(NC2(CC(=O)O)CCCCC2)n1. The van der Waals surface area contributed by atoms with E-state index in [1.807, 2.05) is 6.07 Å². The van der Waals surface area contributed by atoms with Crippen molar-refractivity contribution in [1.82, 2.24) is 4.98 Å². The van der Waals surface area contributed by atoms with Crippen LogP contribution in [0.2, 0.25) is 0 Å². The van der Waals surface area contributed by atoms with E-state index in [0.29, 0.717) is 11.5 Å². The molecule has 0 atom stereocenters. The third kappa shape index (κ3) is 3.44. The van der Waals surface area contributed by atoms with E-state index in [-0.39, 0.29) is 6.42 Å². The van der Waals surface area contributed by atoms with Gasteiger partial charge in [-0.3, -0.25) is 4.79 Å². The number of nitriles is 1. The highest BCUT2D eigenvalue weighted by molar-refractivity contribution is 5.69. The lowest BCUT2D eigenvalue weighted by Crippen LogP contribution is -2.42. The standard InChI is InChI=1S/C14H17N3O2/c15-10-11-5-4-6-12(16-11)17-14(9-13(18)19)7-2-1-3-8-14/h4-6H,1-3,7-9H2,(H,16,17)(H,18,19). The molecule has 0 unspecified atom stereocenters. The first-order chi connectivity index (χ1) is 9.13. The van der Waals surface area contributed by atoms with Gasteiger partial charge in [0.25, 0.3) is 0 Å². The molecule has 0 bridgehead atoms. The zero-order valence-electron chi connectivity index (χ0n) is 10.7. The van der Waals surface area contributed by atoms with Crippen LogP contribution in [0.4, 0.5) is 5.82 Å². The topological polar surface area (TPSA) is 86.0 Å². The lowest BCUT2D eigenvalue weighted by Gasteiger charge is -2.37. The normalized spacial score (nSPS) is 17.4. The number of nitrogens with zero attached hydrogens (tertiary/aromatic N) is 2. The molecule has 0 saturated heterocycles. The molecule has 1 aliphatic carbocycles. The van der Waals surface area contributed by atoms with Crippen molar-refractivity contribution in [3.63, 3.8) is 0 Å². The summed E-state index contributed by atoms with van der Waals surface area (Å²) in [7, 11) is 0. The molecule has 0 amide bonds. The summed E-state index contributed by atoms with van der Waals surface area (Å²) in [5.41, 5.74) is -0.0863. The first-order valence-corrected chi connectivity index (χ1v) is 6.51. The van der Waals surface area contributed by atoms with E-state index in [2.05, 4.69) is 10.3 Å². The van der Waals surface area contributed by atoms with Gasteiger partial charge in [-0.15, -0.1) is 0 Å². The Morgan fingerprint density at radius 3 is 2.79 bits per heavy atom. The summed E-state index contributed by atoms with van der Waals surface area (Å²) >= 11 is 0. The van der Waals surface area contributed by atoms with E-state index < -0.39 is 11.5 Å². The van der Waals surface area contributed by atoms with Crippen LogP contribution < -0.4 is 5.32 Å². The predicted molar refractivity (Wildman–Crippen MR) is 70.6 cm³/mol. The van der Waals surface area contributed by atoms with Crippen LogP contribution in [0.25, 0.3) is 0 Å². The quantitative estimate of drug-likeness (QED) is 0.867. The van der Waals surface area contributed by atoms with Crippen molar-refractivity contribution >= 4 is 11.8 Å². The number of carboxylic acid groups (broad SMARTS) is 1. The first-order valence-electron chi connectivity index (χ1n) is 6.51. The Balaban J connectivity index is 2.19. The molecule has 5 heteroatoms. The maximum atomic E-state index is 11.1. The number of pyridine rings is 1. The maximum absolute atomic E-state index is 11.1. The van der Waals surface area contributed by atoms with Gasteiger partial charge in [0.15, 0.2) is 0 Å². The van der Waals surface area contributed by atoms with Crippen molar-refractivity contribution < 1.29 is 9.90 Å². The molecule has 0 aliphatic heterocycles. The molecule has 1 fully saturated rings. The average Bonchev–Trinajstić information content (AvgIpc) is 2.39. The van der Waals surface area contributed by atoms with E-state index in [4.69, 9.17) is 10.4 Å². The Hall–Kier alpha value is -2.09. The number of hydrogen-bond acceptors (Lipinski definition) is 4. The summed E-state index contributed by atoms with van der Waals surface area (Å²) in [6.07, 6.45) is 4.95. The summed E-state index contributed by atoms with van der Waals surface area (Å²) in [6, 6.07) is 7.16. The molecule has 1 aromatic rings. The number of nitrogens with one attached hydrogen (secondary N) is 1. The molecule has 1 aliphatic rings. The summed E-state index contributed by atoms with van der Waals surface area (Å²) in [4.78, 5) is 15.2. The summed E-state index contributed by atoms with van der Waals surface area (Å²) in [5.74, 6) is -0.215. The average molecular weight is 259 g/mol. The third-order valence-electron chi connectivity index (χ3n) is 3.56. The minimum absolute atomic E-state index is 0.0888. The van der Waals surface area contributed by atoms with Crippen LogP contribution >= 0.6 is 0 Å². The summed E-state index contributed by atoms with van der Waals surface area (Å²) < 4.78 is 0. The number of aromatic nitrogens is 1. The second-order valence-corrected chi connectivity index (χ2v) is 5.06. The van der Waals surface area contributed by atoms with E-state index >= 15 is 0 Å². The summed E-state index contributed by atoms with van der Waals surface area (Å²) in [6.45, 7) is 0. The van der Waals surface area contributed by atoms with Crippen LogP contribution in [-0.4, -0.2) is 21.6 Å². The second-order valence-electron chi connectivity index (χ2n) is 5.06. The smallest absolute Gasteiger partial charge is 0.305 e. The van der Waals surface area contributed by atoms with Crippen LogP contribution in [-0.2, 0) is 4.79 Å². The van der Waals surface area contributed by atoms with Crippen molar-refractivity contribution in [3.8, 4) is 6.07 Å². The lowest BCUT2D eigenvalue weighted by atomic mass is 9.79. The fourth-order valence-corrected chi connectivity index (χ4v) is 2.70. The van der Waals surface area contributed by atoms with Crippen LogP contribution in [0.1, 0.15) is 44.2 Å². The van der Waals surface area contributed by atoms with Gasteiger partial charge >= 0.3 is 5.97 Å². The largest absolute Gasteiger partial charge is 0.481 e. The van der Waals surface area contributed by atoms with Gasteiger partial charge in [-0.25, -0.2) is 4.98 Å². The molecule has 100 valence electrons. The highest BCUT2D eigenvalue weighted by Gasteiger charge is 2.34. The van der Waals surface area contributed by atoms with Crippen LogP contribution in [0.15, 0.2) is 18.2 Å². The fourth-order valence-electron chi connectivity index (χ4n) is 2.70. The Bertz CT molecular complexity index is 502. The second kappa shape index (κ2) is 5.70. The van der Waals surface area contributed by atoms with Gasteiger partial charge in [0.05, 0.1) is 6.42 Å². The van der Waals surface area contributed by atoms with E-state index in [0.717, 1.165) is 32.1 Å². The molecule has 0 aromatic carbocycles. The van der Waals surface area contributed by atoms with Crippen molar-refractivity contribution in [2.75, 3.05) is 5.32 Å². The summed E-state index contributed by atoms with van der Waals surface area (Å²) in [5, 5.41) is 21.2. The highest BCUT2D eigenvalue weighted by Crippen LogP contribution is 2.34. The van der Waals surface area contributed by atoms with Crippen molar-refractivity contribution in [2.45, 2.75) is 44.1 Å². The molecular weight excluding hydrogens is 242 g/mol. The number of carboxylic acids is 1. The Morgan fingerprint density at radius 1 is 1.42 bits per heavy atom. The lowest BCUT2D eigenvalue weighted by molar-refractivity contribution is -0.138. The Morgan fingerprint density at radius 2 is 2.16 bits per heavy atom. The zero-order valence-corrected chi connectivity index (χ0v) is 10.7. The monoisotopic (exact) mass is 259 g/mol. The number of hydrogen-bond donors (Lipinski definition) is 2. The minimum Gasteiger partial charge on any atom is -0.481 e. The van der Waals surface area contributed by atoms with Crippen molar-refractivity contribution in [2.24, 2.45) is 0 Å².